The van der Waals surface area contributed by atoms with Gasteiger partial charge in [0.05, 0.1) is 5.92 Å². The van der Waals surface area contributed by atoms with Crippen molar-refractivity contribution in [2.24, 2.45) is 5.92 Å². The first-order valence-electron chi connectivity index (χ1n) is 7.82. The highest BCUT2D eigenvalue weighted by Crippen LogP contribution is 2.35. The molecular formula is C18H16ClNO3. The molecule has 2 fully saturated rings. The first-order valence-corrected chi connectivity index (χ1v) is 8.19. The molecule has 0 unspecified atom stereocenters. The molecule has 1 saturated carbocycles. The molecule has 2 aromatic carbocycles. The number of esters is 1. The lowest BCUT2D eigenvalue weighted by Crippen LogP contribution is -2.29. The van der Waals surface area contributed by atoms with E-state index in [-0.39, 0.29) is 24.2 Å². The van der Waals surface area contributed by atoms with Crippen molar-refractivity contribution in [1.82, 2.24) is 4.90 Å². The Bertz CT molecular complexity index is 800. The third-order valence-electron chi connectivity index (χ3n) is 4.52. The largest absolute Gasteiger partial charge is 0.426 e. The van der Waals surface area contributed by atoms with Gasteiger partial charge in [-0.2, -0.15) is 0 Å². The van der Waals surface area contributed by atoms with Gasteiger partial charge >= 0.3 is 5.97 Å². The highest BCUT2D eigenvalue weighted by Gasteiger charge is 2.42. The summed E-state index contributed by atoms with van der Waals surface area (Å²) >= 11 is 6.18. The van der Waals surface area contributed by atoms with Crippen LogP contribution in [0.1, 0.15) is 19.3 Å². The van der Waals surface area contributed by atoms with Crippen LogP contribution in [0.25, 0.3) is 10.8 Å². The van der Waals surface area contributed by atoms with E-state index >= 15 is 0 Å². The van der Waals surface area contributed by atoms with Gasteiger partial charge in [-0.3, -0.25) is 9.59 Å². The molecule has 23 heavy (non-hydrogen) atoms. The Kier molecular flexibility index (Phi) is 3.49. The van der Waals surface area contributed by atoms with Gasteiger partial charge in [0, 0.05) is 34.8 Å². The first kappa shape index (κ1) is 14.5. The van der Waals surface area contributed by atoms with Gasteiger partial charge in [-0.15, -0.1) is 0 Å². The lowest BCUT2D eigenvalue weighted by molar-refractivity contribution is -0.139. The number of ether oxygens (including phenoxy) is 1. The molecule has 2 aromatic rings. The summed E-state index contributed by atoms with van der Waals surface area (Å²) in [7, 11) is 0. The molecule has 0 bridgehead atoms. The van der Waals surface area contributed by atoms with Gasteiger partial charge < -0.3 is 9.64 Å². The van der Waals surface area contributed by atoms with Crippen LogP contribution in [-0.4, -0.2) is 29.4 Å². The molecule has 0 N–H and O–H groups in total. The smallest absolute Gasteiger partial charge is 0.316 e. The van der Waals surface area contributed by atoms with Crippen molar-refractivity contribution < 1.29 is 14.3 Å². The summed E-state index contributed by atoms with van der Waals surface area (Å²) in [5.41, 5.74) is 0. The van der Waals surface area contributed by atoms with Crippen LogP contribution in [0.5, 0.6) is 5.75 Å². The van der Waals surface area contributed by atoms with Gasteiger partial charge in [0.1, 0.15) is 5.75 Å². The molecule has 1 amide bonds. The molecule has 5 heteroatoms. The van der Waals surface area contributed by atoms with Crippen LogP contribution in [0.3, 0.4) is 0 Å². The molecule has 0 spiro atoms. The van der Waals surface area contributed by atoms with Crippen molar-refractivity contribution in [1.29, 1.82) is 0 Å². The van der Waals surface area contributed by atoms with Crippen molar-refractivity contribution in [3.8, 4) is 5.75 Å². The number of hydrogen-bond acceptors (Lipinski definition) is 3. The van der Waals surface area contributed by atoms with Crippen molar-refractivity contribution in [2.75, 3.05) is 6.54 Å². The van der Waals surface area contributed by atoms with Crippen LogP contribution in [0, 0.1) is 5.92 Å². The Morgan fingerprint density at radius 1 is 1.13 bits per heavy atom. The number of benzene rings is 2. The topological polar surface area (TPSA) is 46.6 Å². The van der Waals surface area contributed by atoms with E-state index < -0.39 is 0 Å². The minimum absolute atomic E-state index is 0.0652. The number of halogens is 1. The summed E-state index contributed by atoms with van der Waals surface area (Å²) < 4.78 is 5.59. The average Bonchev–Trinajstić information content (AvgIpc) is 3.32. The third-order valence-corrected chi connectivity index (χ3v) is 4.85. The molecule has 4 rings (SSSR count). The predicted molar refractivity (Wildman–Crippen MR) is 87.4 cm³/mol. The molecule has 1 aliphatic carbocycles. The molecule has 4 nitrogen and oxygen atoms in total. The first-order chi connectivity index (χ1) is 11.1. The Labute approximate surface area is 139 Å². The molecule has 1 atom stereocenters. The van der Waals surface area contributed by atoms with Crippen molar-refractivity contribution in [2.45, 2.75) is 25.3 Å². The maximum atomic E-state index is 12.4. The highest BCUT2D eigenvalue weighted by atomic mass is 35.5. The van der Waals surface area contributed by atoms with E-state index in [1.165, 1.54) is 0 Å². The summed E-state index contributed by atoms with van der Waals surface area (Å²) in [6.45, 7) is 0.480. The van der Waals surface area contributed by atoms with Gasteiger partial charge in [0.25, 0.3) is 0 Å². The van der Waals surface area contributed by atoms with E-state index in [0.29, 0.717) is 23.4 Å². The second-order valence-electron chi connectivity index (χ2n) is 6.19. The summed E-state index contributed by atoms with van der Waals surface area (Å²) in [5, 5.41) is 2.27. The van der Waals surface area contributed by atoms with E-state index in [1.807, 2.05) is 29.2 Å². The van der Waals surface area contributed by atoms with Gasteiger partial charge in [-0.1, -0.05) is 35.9 Å². The highest BCUT2D eigenvalue weighted by molar-refractivity contribution is 6.35. The zero-order valence-corrected chi connectivity index (χ0v) is 13.3. The van der Waals surface area contributed by atoms with Gasteiger partial charge in [-0.05, 0) is 25.0 Å². The lowest BCUT2D eigenvalue weighted by atomic mass is 10.1. The van der Waals surface area contributed by atoms with Crippen LogP contribution >= 0.6 is 11.6 Å². The molecule has 0 aromatic heterocycles. The molecule has 118 valence electrons. The number of likely N-dealkylation sites (tertiary alicyclic amines) is 1. The maximum absolute atomic E-state index is 12.4. The summed E-state index contributed by atoms with van der Waals surface area (Å²) in [4.78, 5) is 26.2. The fourth-order valence-electron chi connectivity index (χ4n) is 3.14. The fraction of sp³-hybridized carbons (Fsp3) is 0.333. The van der Waals surface area contributed by atoms with Crippen LogP contribution in [-0.2, 0) is 9.59 Å². The minimum Gasteiger partial charge on any atom is -0.426 e. The SMILES string of the molecule is O=C(Oc1ccc(Cl)c2ccccc12)[C@@H]1CC(=O)N(C2CC2)C1. The lowest BCUT2D eigenvalue weighted by Gasteiger charge is -2.15. The molecular weight excluding hydrogens is 314 g/mol. The summed E-state index contributed by atoms with van der Waals surface area (Å²) in [5.74, 6) is -0.158. The number of amides is 1. The van der Waals surface area contributed by atoms with E-state index in [9.17, 15) is 9.59 Å². The molecule has 1 saturated heterocycles. The van der Waals surface area contributed by atoms with Gasteiger partial charge in [0.2, 0.25) is 5.91 Å². The molecule has 1 aliphatic heterocycles. The normalized spacial score (nSPS) is 21.0. The fourth-order valence-corrected chi connectivity index (χ4v) is 3.37. The maximum Gasteiger partial charge on any atom is 0.316 e. The van der Waals surface area contributed by atoms with Crippen molar-refractivity contribution in [3.63, 3.8) is 0 Å². The van der Waals surface area contributed by atoms with Crippen LogP contribution in [0.15, 0.2) is 36.4 Å². The molecule has 0 radical (unpaired) electrons. The van der Waals surface area contributed by atoms with E-state index in [4.69, 9.17) is 16.3 Å². The zero-order valence-electron chi connectivity index (χ0n) is 12.5. The number of carbonyl (C=O) groups excluding carboxylic acids is 2. The van der Waals surface area contributed by atoms with Gasteiger partial charge in [-0.25, -0.2) is 0 Å². The third kappa shape index (κ3) is 2.68. The number of carbonyl (C=O) groups is 2. The Morgan fingerprint density at radius 3 is 2.61 bits per heavy atom. The second kappa shape index (κ2) is 5.53. The van der Waals surface area contributed by atoms with Crippen molar-refractivity contribution in [3.05, 3.63) is 41.4 Å². The second-order valence-corrected chi connectivity index (χ2v) is 6.60. The minimum atomic E-state index is -0.377. The Morgan fingerprint density at radius 2 is 1.87 bits per heavy atom. The van der Waals surface area contributed by atoms with Crippen LogP contribution in [0.2, 0.25) is 5.02 Å². The molecule has 2 aliphatic rings. The number of rotatable bonds is 3. The van der Waals surface area contributed by atoms with Gasteiger partial charge in [0.15, 0.2) is 0 Å². The van der Waals surface area contributed by atoms with Crippen LogP contribution in [0.4, 0.5) is 0 Å². The Balaban J connectivity index is 1.55. The number of nitrogens with zero attached hydrogens (tertiary/aromatic N) is 1. The standard InChI is InChI=1S/C18H16ClNO3/c19-15-7-8-16(14-4-2-1-3-13(14)15)23-18(22)11-9-17(21)20(10-11)12-5-6-12/h1-4,7-8,11-12H,5-6,9-10H2/t11-/m1/s1. The monoisotopic (exact) mass is 329 g/mol. The zero-order chi connectivity index (χ0) is 16.0. The predicted octanol–water partition coefficient (Wildman–Crippen LogP) is 3.41. The van der Waals surface area contributed by atoms with E-state index in [1.54, 1.807) is 12.1 Å². The summed E-state index contributed by atoms with van der Waals surface area (Å²) in [6.07, 6.45) is 2.35. The quantitative estimate of drug-likeness (QED) is 0.640. The number of fused-ring (bicyclic) bond motifs is 1. The summed E-state index contributed by atoms with van der Waals surface area (Å²) in [6, 6.07) is 11.3. The van der Waals surface area contributed by atoms with Crippen molar-refractivity contribution >= 4 is 34.2 Å². The number of hydrogen-bond donors (Lipinski definition) is 0. The average molecular weight is 330 g/mol. The van der Waals surface area contributed by atoms with E-state index in [0.717, 1.165) is 23.6 Å². The van der Waals surface area contributed by atoms with Crippen LogP contribution < -0.4 is 4.74 Å². The molecule has 1 heterocycles. The Hall–Kier alpha value is -2.07. The van der Waals surface area contributed by atoms with E-state index in [2.05, 4.69) is 0 Å².